The van der Waals surface area contributed by atoms with Crippen LogP contribution in [0.3, 0.4) is 0 Å². The highest BCUT2D eigenvalue weighted by atomic mass is 79.9. The second-order valence-corrected chi connectivity index (χ2v) is 7.97. The molecule has 1 nitrogen and oxygen atoms in total. The maximum atomic E-state index is 3.70. The Balaban J connectivity index is 2.02. The lowest BCUT2D eigenvalue weighted by Gasteiger charge is -2.36. The monoisotopic (exact) mass is 355 g/mol. The number of hydrogen-bond donors (Lipinski definition) is 1. The van der Waals surface area contributed by atoms with Gasteiger partial charge in [0.05, 0.1) is 0 Å². The van der Waals surface area contributed by atoms with Gasteiger partial charge in [-0.05, 0) is 49.9 Å². The molecule has 1 aromatic carbocycles. The predicted molar refractivity (Wildman–Crippen MR) is 93.5 cm³/mol. The van der Waals surface area contributed by atoms with E-state index in [9.17, 15) is 0 Å². The Morgan fingerprint density at radius 2 is 2.15 bits per heavy atom. The summed E-state index contributed by atoms with van der Waals surface area (Å²) in [6, 6.07) is 9.41. The molecule has 0 radical (unpaired) electrons. The Kier molecular flexibility index (Phi) is 6.92. The molecule has 1 aromatic rings. The molecule has 1 N–H and O–H groups in total. The van der Waals surface area contributed by atoms with Crippen molar-refractivity contribution in [3.63, 3.8) is 0 Å². The van der Waals surface area contributed by atoms with E-state index in [1.165, 1.54) is 41.5 Å². The highest BCUT2D eigenvalue weighted by molar-refractivity contribution is 9.10. The normalized spacial score (nSPS) is 26.6. The molecule has 20 heavy (non-hydrogen) atoms. The lowest BCUT2D eigenvalue weighted by molar-refractivity contribution is 0.289. The minimum absolute atomic E-state index is 0.678. The second kappa shape index (κ2) is 8.45. The fourth-order valence-electron chi connectivity index (χ4n) is 3.22. The van der Waals surface area contributed by atoms with Gasteiger partial charge in [0.2, 0.25) is 0 Å². The molecule has 0 aliphatic heterocycles. The highest BCUT2D eigenvalue weighted by Gasteiger charge is 2.30. The summed E-state index contributed by atoms with van der Waals surface area (Å²) in [6.07, 6.45) is 6.83. The SMILES string of the molecule is CCCC1CCC(NCC)C(Sc2cccc(Br)c2)C1. The topological polar surface area (TPSA) is 12.0 Å². The summed E-state index contributed by atoms with van der Waals surface area (Å²) >= 11 is 5.64. The average Bonchev–Trinajstić information content (AvgIpc) is 2.42. The van der Waals surface area contributed by atoms with Gasteiger partial charge in [-0.15, -0.1) is 11.8 Å². The Hall–Kier alpha value is 0.01000. The lowest BCUT2D eigenvalue weighted by Crippen LogP contribution is -2.42. The van der Waals surface area contributed by atoms with E-state index in [2.05, 4.69) is 71.1 Å². The molecule has 0 bridgehead atoms. The molecule has 112 valence electrons. The van der Waals surface area contributed by atoms with Crippen molar-refractivity contribution in [3.05, 3.63) is 28.7 Å². The molecule has 1 aliphatic carbocycles. The minimum Gasteiger partial charge on any atom is -0.313 e. The van der Waals surface area contributed by atoms with E-state index in [0.29, 0.717) is 6.04 Å². The van der Waals surface area contributed by atoms with Crippen LogP contribution in [0.1, 0.15) is 46.0 Å². The molecule has 3 unspecified atom stereocenters. The molecule has 0 spiro atoms. The smallest absolute Gasteiger partial charge is 0.0251 e. The van der Waals surface area contributed by atoms with Crippen molar-refractivity contribution >= 4 is 27.7 Å². The molecule has 1 fully saturated rings. The maximum Gasteiger partial charge on any atom is 0.0251 e. The van der Waals surface area contributed by atoms with Gasteiger partial charge in [-0.2, -0.15) is 0 Å². The van der Waals surface area contributed by atoms with Gasteiger partial charge in [0.15, 0.2) is 0 Å². The number of benzene rings is 1. The molecular formula is C17H26BrNS. The summed E-state index contributed by atoms with van der Waals surface area (Å²) in [6.45, 7) is 5.62. The Morgan fingerprint density at radius 3 is 2.85 bits per heavy atom. The van der Waals surface area contributed by atoms with Gasteiger partial charge in [0.25, 0.3) is 0 Å². The fourth-order valence-corrected chi connectivity index (χ4v) is 5.24. The van der Waals surface area contributed by atoms with Crippen molar-refractivity contribution < 1.29 is 0 Å². The third-order valence-corrected chi connectivity index (χ3v) is 5.99. The molecule has 3 heteroatoms. The summed E-state index contributed by atoms with van der Waals surface area (Å²) in [5.74, 6) is 0.930. The number of rotatable bonds is 6. The van der Waals surface area contributed by atoms with Crippen LogP contribution in [0.25, 0.3) is 0 Å². The summed E-state index contributed by atoms with van der Waals surface area (Å²) in [7, 11) is 0. The van der Waals surface area contributed by atoms with Gasteiger partial charge in [-0.3, -0.25) is 0 Å². The highest BCUT2D eigenvalue weighted by Crippen LogP contribution is 2.38. The predicted octanol–water partition coefficient (Wildman–Crippen LogP) is 5.49. The van der Waals surface area contributed by atoms with Crippen LogP contribution in [0.4, 0.5) is 0 Å². The van der Waals surface area contributed by atoms with Crippen LogP contribution in [0, 0.1) is 5.92 Å². The molecule has 1 saturated carbocycles. The maximum absolute atomic E-state index is 3.70. The third-order valence-electron chi connectivity index (χ3n) is 4.15. The van der Waals surface area contributed by atoms with Crippen LogP contribution in [0.2, 0.25) is 0 Å². The van der Waals surface area contributed by atoms with Gasteiger partial charge >= 0.3 is 0 Å². The number of thioether (sulfide) groups is 1. The number of halogens is 1. The molecule has 1 aliphatic rings. The zero-order valence-corrected chi connectivity index (χ0v) is 15.0. The molecule has 3 atom stereocenters. The van der Waals surface area contributed by atoms with Crippen molar-refractivity contribution in [3.8, 4) is 0 Å². The van der Waals surface area contributed by atoms with Crippen LogP contribution in [0.5, 0.6) is 0 Å². The quantitative estimate of drug-likeness (QED) is 0.723. The van der Waals surface area contributed by atoms with E-state index in [1.54, 1.807) is 0 Å². The van der Waals surface area contributed by atoms with Crippen molar-refractivity contribution in [1.29, 1.82) is 0 Å². The number of nitrogens with one attached hydrogen (secondary N) is 1. The van der Waals surface area contributed by atoms with E-state index in [4.69, 9.17) is 0 Å². The van der Waals surface area contributed by atoms with Gasteiger partial charge in [0, 0.05) is 20.7 Å². The summed E-state index contributed by atoms with van der Waals surface area (Å²) < 4.78 is 1.18. The zero-order chi connectivity index (χ0) is 14.4. The summed E-state index contributed by atoms with van der Waals surface area (Å²) in [5.41, 5.74) is 0. The van der Waals surface area contributed by atoms with E-state index in [-0.39, 0.29) is 0 Å². The van der Waals surface area contributed by atoms with Crippen molar-refractivity contribution in [2.45, 2.75) is 62.1 Å². The Labute approximate surface area is 136 Å². The summed E-state index contributed by atoms with van der Waals surface area (Å²) in [4.78, 5) is 1.39. The van der Waals surface area contributed by atoms with Gasteiger partial charge < -0.3 is 5.32 Å². The van der Waals surface area contributed by atoms with Gasteiger partial charge in [-0.25, -0.2) is 0 Å². The molecule has 0 heterocycles. The van der Waals surface area contributed by atoms with Crippen LogP contribution in [0.15, 0.2) is 33.6 Å². The van der Waals surface area contributed by atoms with Crippen LogP contribution >= 0.6 is 27.7 Å². The largest absolute Gasteiger partial charge is 0.313 e. The number of hydrogen-bond acceptors (Lipinski definition) is 2. The molecular weight excluding hydrogens is 330 g/mol. The Bertz CT molecular complexity index is 410. The van der Waals surface area contributed by atoms with Crippen molar-refractivity contribution in [2.24, 2.45) is 5.92 Å². The summed E-state index contributed by atoms with van der Waals surface area (Å²) in [5, 5.41) is 4.42. The van der Waals surface area contributed by atoms with Crippen LogP contribution in [-0.4, -0.2) is 17.8 Å². The molecule has 0 aromatic heterocycles. The average molecular weight is 356 g/mol. The first-order valence-corrected chi connectivity index (χ1v) is 9.55. The second-order valence-electron chi connectivity index (χ2n) is 5.75. The minimum atomic E-state index is 0.678. The van der Waals surface area contributed by atoms with Crippen molar-refractivity contribution in [1.82, 2.24) is 5.32 Å². The fraction of sp³-hybridized carbons (Fsp3) is 0.647. The first-order valence-electron chi connectivity index (χ1n) is 7.88. The van der Waals surface area contributed by atoms with Gasteiger partial charge in [0.1, 0.15) is 0 Å². The first-order chi connectivity index (χ1) is 9.72. The van der Waals surface area contributed by atoms with Crippen LogP contribution < -0.4 is 5.32 Å². The van der Waals surface area contributed by atoms with E-state index in [0.717, 1.165) is 17.7 Å². The van der Waals surface area contributed by atoms with E-state index >= 15 is 0 Å². The zero-order valence-electron chi connectivity index (χ0n) is 12.6. The lowest BCUT2D eigenvalue weighted by atomic mass is 9.83. The third kappa shape index (κ3) is 4.78. The van der Waals surface area contributed by atoms with E-state index in [1.807, 2.05) is 0 Å². The standard InChI is InChI=1S/C17H26BrNS/c1-3-6-13-9-10-16(19-4-2)17(11-13)20-15-8-5-7-14(18)12-15/h5,7-8,12-13,16-17,19H,3-4,6,9-11H2,1-2H3. The van der Waals surface area contributed by atoms with Crippen molar-refractivity contribution in [2.75, 3.05) is 6.54 Å². The molecule has 2 rings (SSSR count). The van der Waals surface area contributed by atoms with Gasteiger partial charge in [-0.1, -0.05) is 48.7 Å². The first kappa shape index (κ1) is 16.4. The molecule has 0 saturated heterocycles. The molecule has 0 amide bonds. The van der Waals surface area contributed by atoms with Crippen LogP contribution in [-0.2, 0) is 0 Å². The van der Waals surface area contributed by atoms with E-state index < -0.39 is 0 Å². The Morgan fingerprint density at radius 1 is 1.30 bits per heavy atom.